The fraction of sp³-hybridized carbons (Fsp3) is 0.625. The van der Waals surface area contributed by atoms with E-state index in [0.717, 1.165) is 6.20 Å². The van der Waals surface area contributed by atoms with E-state index in [9.17, 15) is 17.6 Å². The Morgan fingerprint density at radius 1 is 1.50 bits per heavy atom. The van der Waals surface area contributed by atoms with Gasteiger partial charge in [-0.05, 0) is 6.42 Å². The molecule has 2 nitrogen and oxygen atoms in total. The second kappa shape index (κ2) is 1.97. The number of rotatable bonds is 1. The van der Waals surface area contributed by atoms with E-state index in [1.165, 1.54) is 0 Å². The van der Waals surface area contributed by atoms with Crippen molar-refractivity contribution >= 4 is 0 Å². The van der Waals surface area contributed by atoms with Crippen molar-refractivity contribution in [2.45, 2.75) is 24.2 Å². The molecule has 1 saturated carbocycles. The van der Waals surface area contributed by atoms with E-state index in [1.807, 2.05) is 0 Å². The third kappa shape index (κ3) is 0.613. The van der Waals surface area contributed by atoms with Gasteiger partial charge in [0.15, 0.2) is 0 Å². The van der Waals surface area contributed by atoms with E-state index in [2.05, 4.69) is 10.2 Å². The lowest BCUT2D eigenvalue weighted by atomic mass is 10.0. The first-order valence-corrected chi connectivity index (χ1v) is 4.21. The van der Waals surface area contributed by atoms with Crippen LogP contribution in [0.1, 0.15) is 17.7 Å². The van der Waals surface area contributed by atoms with Gasteiger partial charge in [0.2, 0.25) is 6.43 Å². The van der Waals surface area contributed by atoms with Crippen LogP contribution in [0.2, 0.25) is 0 Å². The summed E-state index contributed by atoms with van der Waals surface area (Å²) in [5, 5.41) is 5.52. The number of alkyl halides is 4. The van der Waals surface area contributed by atoms with Gasteiger partial charge < -0.3 is 0 Å². The SMILES string of the molecule is FC(F)C12CC1C(F)(F)c1[nH]ncc12. The van der Waals surface area contributed by atoms with E-state index < -0.39 is 29.4 Å². The van der Waals surface area contributed by atoms with Crippen molar-refractivity contribution in [1.82, 2.24) is 10.2 Å². The molecule has 2 atom stereocenters. The normalized spacial score (nSPS) is 37.1. The Kier molecular flexibility index (Phi) is 1.16. The molecule has 0 aromatic carbocycles. The van der Waals surface area contributed by atoms with Gasteiger partial charge >= 0.3 is 0 Å². The first-order valence-electron chi connectivity index (χ1n) is 4.21. The van der Waals surface area contributed by atoms with Crippen LogP contribution in [0.3, 0.4) is 0 Å². The van der Waals surface area contributed by atoms with Crippen molar-refractivity contribution in [2.24, 2.45) is 5.92 Å². The smallest absolute Gasteiger partial charge is 0.276 e. The minimum absolute atomic E-state index is 0.00231. The molecule has 1 heterocycles. The number of hydrogen-bond donors (Lipinski definition) is 1. The maximum atomic E-state index is 13.4. The largest absolute Gasteiger partial charge is 0.293 e. The Hall–Kier alpha value is -1.07. The van der Waals surface area contributed by atoms with Gasteiger partial charge in [0.05, 0.1) is 11.6 Å². The zero-order valence-corrected chi connectivity index (χ0v) is 6.90. The highest BCUT2D eigenvalue weighted by Gasteiger charge is 2.78. The fourth-order valence-corrected chi connectivity index (χ4v) is 2.45. The second-order valence-electron chi connectivity index (χ2n) is 3.88. The molecule has 0 bridgehead atoms. The second-order valence-corrected chi connectivity index (χ2v) is 3.88. The van der Waals surface area contributed by atoms with Crippen LogP contribution in [-0.4, -0.2) is 16.6 Å². The maximum Gasteiger partial charge on any atom is 0.293 e. The van der Waals surface area contributed by atoms with Crippen molar-refractivity contribution in [1.29, 1.82) is 0 Å². The highest BCUT2D eigenvalue weighted by molar-refractivity contribution is 5.47. The molecule has 1 aromatic rings. The van der Waals surface area contributed by atoms with Crippen LogP contribution in [-0.2, 0) is 11.3 Å². The molecule has 0 amide bonds. The molecule has 1 aromatic heterocycles. The third-order valence-corrected chi connectivity index (χ3v) is 3.30. The summed E-state index contributed by atoms with van der Waals surface area (Å²) in [5.74, 6) is -4.40. The lowest BCUT2D eigenvalue weighted by molar-refractivity contribution is -0.0385. The molecular weight excluding hydrogens is 200 g/mol. The zero-order chi connectivity index (χ0) is 10.1. The van der Waals surface area contributed by atoms with Gasteiger partial charge in [-0.3, -0.25) is 5.10 Å². The fourth-order valence-electron chi connectivity index (χ4n) is 2.45. The van der Waals surface area contributed by atoms with Crippen molar-refractivity contribution < 1.29 is 17.6 Å². The van der Waals surface area contributed by atoms with Gasteiger partial charge in [0.25, 0.3) is 5.92 Å². The Labute approximate surface area is 76.3 Å². The topological polar surface area (TPSA) is 28.7 Å². The predicted molar refractivity (Wildman–Crippen MR) is 38.3 cm³/mol. The van der Waals surface area contributed by atoms with Crippen LogP contribution in [0.15, 0.2) is 6.20 Å². The average molecular weight is 206 g/mol. The minimum atomic E-state index is -3.16. The van der Waals surface area contributed by atoms with E-state index in [-0.39, 0.29) is 12.0 Å². The van der Waals surface area contributed by atoms with E-state index >= 15 is 0 Å². The molecule has 0 aliphatic heterocycles. The predicted octanol–water partition coefficient (Wildman–Crippen LogP) is 2.04. The molecule has 2 aliphatic carbocycles. The summed E-state index contributed by atoms with van der Waals surface area (Å²) in [6.07, 6.45) is -1.77. The van der Waals surface area contributed by atoms with Crippen LogP contribution in [0.25, 0.3) is 0 Å². The molecule has 0 saturated heterocycles. The monoisotopic (exact) mass is 206 g/mol. The Balaban J connectivity index is 2.21. The third-order valence-electron chi connectivity index (χ3n) is 3.30. The van der Waals surface area contributed by atoms with Crippen LogP contribution in [0, 0.1) is 5.92 Å². The summed E-state index contributed by atoms with van der Waals surface area (Å²) in [6, 6.07) is 0. The quantitative estimate of drug-likeness (QED) is 0.700. The highest BCUT2D eigenvalue weighted by atomic mass is 19.3. The number of nitrogens with zero attached hydrogens (tertiary/aromatic N) is 1. The standard InChI is InChI=1S/C8H6F4N2/c9-6(10)7-1-4(7)8(11,12)5-3(7)2-13-14-5/h2,4,6H,1H2,(H,13,14). The average Bonchev–Trinajstić information content (AvgIpc) is 2.61. The van der Waals surface area contributed by atoms with Crippen LogP contribution < -0.4 is 0 Å². The summed E-state index contributed by atoms with van der Waals surface area (Å²) in [5.41, 5.74) is -2.04. The van der Waals surface area contributed by atoms with Crippen LogP contribution in [0.5, 0.6) is 0 Å². The summed E-state index contributed by atoms with van der Waals surface area (Å²) in [4.78, 5) is 0. The first-order chi connectivity index (χ1) is 6.51. The first kappa shape index (κ1) is 8.26. The Bertz CT molecular complexity index is 400. The summed E-state index contributed by atoms with van der Waals surface area (Å²) < 4.78 is 52.2. The maximum absolute atomic E-state index is 13.4. The van der Waals surface area contributed by atoms with Gasteiger partial charge in [-0.1, -0.05) is 0 Å². The molecule has 14 heavy (non-hydrogen) atoms. The van der Waals surface area contributed by atoms with Gasteiger partial charge in [0.1, 0.15) is 5.69 Å². The number of aromatic nitrogens is 2. The molecule has 76 valence electrons. The minimum Gasteiger partial charge on any atom is -0.276 e. The molecule has 1 fully saturated rings. The Morgan fingerprint density at radius 2 is 2.21 bits per heavy atom. The van der Waals surface area contributed by atoms with Crippen molar-refractivity contribution in [3.05, 3.63) is 17.5 Å². The van der Waals surface area contributed by atoms with Crippen molar-refractivity contribution in [3.8, 4) is 0 Å². The van der Waals surface area contributed by atoms with Crippen LogP contribution >= 0.6 is 0 Å². The lowest BCUT2D eigenvalue weighted by Gasteiger charge is -2.09. The number of nitrogens with one attached hydrogen (secondary N) is 1. The number of halogens is 4. The molecule has 3 rings (SSSR count). The molecule has 2 unspecified atom stereocenters. The highest BCUT2D eigenvalue weighted by Crippen LogP contribution is 2.72. The number of hydrogen-bond acceptors (Lipinski definition) is 1. The molecule has 6 heteroatoms. The van der Waals surface area contributed by atoms with Gasteiger partial charge in [0, 0.05) is 11.5 Å². The van der Waals surface area contributed by atoms with Gasteiger partial charge in [-0.25, -0.2) is 8.78 Å². The Morgan fingerprint density at radius 3 is 2.86 bits per heavy atom. The number of fused-ring (bicyclic) bond motifs is 3. The van der Waals surface area contributed by atoms with Crippen molar-refractivity contribution in [3.63, 3.8) is 0 Å². The van der Waals surface area contributed by atoms with E-state index in [1.54, 1.807) is 0 Å². The number of aromatic amines is 1. The number of H-pyrrole nitrogens is 1. The molecule has 2 aliphatic rings. The summed E-state index contributed by atoms with van der Waals surface area (Å²) in [6.45, 7) is 0. The summed E-state index contributed by atoms with van der Waals surface area (Å²) >= 11 is 0. The van der Waals surface area contributed by atoms with E-state index in [0.29, 0.717) is 0 Å². The molecule has 0 radical (unpaired) electrons. The molecular formula is C8H6F4N2. The van der Waals surface area contributed by atoms with Gasteiger partial charge in [-0.15, -0.1) is 0 Å². The molecule has 1 N–H and O–H groups in total. The van der Waals surface area contributed by atoms with E-state index in [4.69, 9.17) is 0 Å². The van der Waals surface area contributed by atoms with Gasteiger partial charge in [-0.2, -0.15) is 13.9 Å². The molecule has 0 spiro atoms. The summed E-state index contributed by atoms with van der Waals surface area (Å²) in [7, 11) is 0. The van der Waals surface area contributed by atoms with Crippen LogP contribution in [0.4, 0.5) is 17.6 Å². The van der Waals surface area contributed by atoms with Crippen molar-refractivity contribution in [2.75, 3.05) is 0 Å². The zero-order valence-electron chi connectivity index (χ0n) is 6.90. The lowest BCUT2D eigenvalue weighted by Crippen LogP contribution is -2.19.